The second-order valence-electron chi connectivity index (χ2n) is 5.17. The van der Waals surface area contributed by atoms with Gasteiger partial charge in [0.25, 0.3) is 0 Å². The molecule has 0 aliphatic rings. The molecule has 2 nitrogen and oxygen atoms in total. The van der Waals surface area contributed by atoms with E-state index in [1.54, 1.807) is 13.1 Å². The number of aromatic nitrogens is 1. The molecule has 112 valence electrons. The van der Waals surface area contributed by atoms with Gasteiger partial charge in [0.2, 0.25) is 0 Å². The maximum absolute atomic E-state index is 14.3. The molecule has 0 amide bonds. The fourth-order valence-electron chi connectivity index (χ4n) is 2.45. The summed E-state index contributed by atoms with van der Waals surface area (Å²) in [6.45, 7) is 6.15. The van der Waals surface area contributed by atoms with Crippen LogP contribution in [-0.4, -0.2) is 11.5 Å². The van der Waals surface area contributed by atoms with Gasteiger partial charge in [0.05, 0.1) is 0 Å². The second kappa shape index (κ2) is 6.76. The summed E-state index contributed by atoms with van der Waals surface area (Å²) in [5.41, 5.74) is 2.42. The molecule has 0 aliphatic carbocycles. The lowest BCUT2D eigenvalue weighted by molar-refractivity contribution is 0.467. The minimum atomic E-state index is -0.516. The predicted molar refractivity (Wildman–Crippen MR) is 80.2 cm³/mol. The average Bonchev–Trinajstić information content (AvgIpc) is 2.46. The first kappa shape index (κ1) is 15.6. The van der Waals surface area contributed by atoms with E-state index < -0.39 is 17.7 Å². The van der Waals surface area contributed by atoms with E-state index in [9.17, 15) is 8.78 Å². The minimum Gasteiger partial charge on any atom is -0.310 e. The van der Waals surface area contributed by atoms with Gasteiger partial charge in [0.15, 0.2) is 0 Å². The molecule has 2 rings (SSSR count). The van der Waals surface area contributed by atoms with Crippen LogP contribution in [0.4, 0.5) is 8.78 Å². The van der Waals surface area contributed by atoms with Gasteiger partial charge >= 0.3 is 0 Å². The molecule has 0 saturated heterocycles. The van der Waals surface area contributed by atoms with E-state index in [-0.39, 0.29) is 5.56 Å². The van der Waals surface area contributed by atoms with E-state index in [1.165, 1.54) is 12.1 Å². The summed E-state index contributed by atoms with van der Waals surface area (Å²) in [5, 5.41) is 3.16. The van der Waals surface area contributed by atoms with Crippen molar-refractivity contribution in [2.75, 3.05) is 6.54 Å². The molecule has 1 aromatic carbocycles. The molecule has 1 unspecified atom stereocenters. The van der Waals surface area contributed by atoms with Gasteiger partial charge in [-0.3, -0.25) is 4.98 Å². The van der Waals surface area contributed by atoms with Crippen molar-refractivity contribution in [1.82, 2.24) is 10.3 Å². The third kappa shape index (κ3) is 3.45. The van der Waals surface area contributed by atoms with E-state index in [0.717, 1.165) is 11.3 Å². The zero-order chi connectivity index (χ0) is 15.4. The van der Waals surface area contributed by atoms with Gasteiger partial charge in [0, 0.05) is 29.9 Å². The van der Waals surface area contributed by atoms with Crippen LogP contribution in [0.15, 0.2) is 30.5 Å². The highest BCUT2D eigenvalue weighted by molar-refractivity contribution is 5.31. The molecule has 0 saturated carbocycles. The fraction of sp³-hybridized carbons (Fsp3) is 0.353. The number of likely N-dealkylation sites (N-methyl/N-ethyl adjacent to an activating group) is 1. The van der Waals surface area contributed by atoms with Gasteiger partial charge in [-0.05, 0) is 43.7 Å². The van der Waals surface area contributed by atoms with Crippen LogP contribution in [-0.2, 0) is 6.42 Å². The van der Waals surface area contributed by atoms with Crippen LogP contribution in [0.3, 0.4) is 0 Å². The Kier molecular flexibility index (Phi) is 5.02. The maximum atomic E-state index is 14.3. The van der Waals surface area contributed by atoms with Crippen molar-refractivity contribution in [1.29, 1.82) is 0 Å². The molecule has 2 aromatic rings. The lowest BCUT2D eigenvalue weighted by atomic mass is 9.97. The Bertz CT molecular complexity index is 626. The zero-order valence-electron chi connectivity index (χ0n) is 12.6. The maximum Gasteiger partial charge on any atom is 0.133 e. The standard InChI is InChI=1S/C17H20F2N2/c1-4-20-15(10-14-11(2)6-5-9-21-14)16-13(18)8-7-12(3)17(16)19/h5-9,15,20H,4,10H2,1-3H3. The van der Waals surface area contributed by atoms with Crippen molar-refractivity contribution in [3.05, 3.63) is 64.5 Å². The molecule has 1 atom stereocenters. The number of benzene rings is 1. The summed E-state index contributed by atoms with van der Waals surface area (Å²) in [6, 6.07) is 6.17. The van der Waals surface area contributed by atoms with E-state index in [2.05, 4.69) is 10.3 Å². The molecular weight excluding hydrogens is 270 g/mol. The smallest absolute Gasteiger partial charge is 0.133 e. The van der Waals surface area contributed by atoms with Crippen molar-refractivity contribution in [2.24, 2.45) is 0 Å². The quantitative estimate of drug-likeness (QED) is 0.904. The second-order valence-corrected chi connectivity index (χ2v) is 5.17. The molecule has 0 bridgehead atoms. The first-order chi connectivity index (χ1) is 10.0. The van der Waals surface area contributed by atoms with Crippen molar-refractivity contribution < 1.29 is 8.78 Å². The molecule has 0 spiro atoms. The number of aryl methyl sites for hydroxylation is 2. The number of nitrogens with one attached hydrogen (secondary N) is 1. The number of halogens is 2. The molecule has 0 aliphatic heterocycles. The Morgan fingerprint density at radius 2 is 1.90 bits per heavy atom. The number of rotatable bonds is 5. The van der Waals surface area contributed by atoms with Crippen LogP contribution < -0.4 is 5.32 Å². The number of hydrogen-bond donors (Lipinski definition) is 1. The van der Waals surface area contributed by atoms with E-state index in [4.69, 9.17) is 0 Å². The van der Waals surface area contributed by atoms with Crippen LogP contribution in [0, 0.1) is 25.5 Å². The zero-order valence-corrected chi connectivity index (χ0v) is 12.6. The highest BCUT2D eigenvalue weighted by Gasteiger charge is 2.22. The van der Waals surface area contributed by atoms with Crippen LogP contribution in [0.5, 0.6) is 0 Å². The Hall–Kier alpha value is -1.81. The Balaban J connectivity index is 2.40. The molecule has 1 N–H and O–H groups in total. The molecule has 4 heteroatoms. The van der Waals surface area contributed by atoms with Crippen LogP contribution in [0.25, 0.3) is 0 Å². The summed E-state index contributed by atoms with van der Waals surface area (Å²) in [7, 11) is 0. The lowest BCUT2D eigenvalue weighted by Crippen LogP contribution is -2.26. The predicted octanol–water partition coefficient (Wildman–Crippen LogP) is 3.87. The largest absolute Gasteiger partial charge is 0.310 e. The van der Waals surface area contributed by atoms with Crippen molar-refractivity contribution in [3.8, 4) is 0 Å². The third-order valence-corrected chi connectivity index (χ3v) is 3.63. The van der Waals surface area contributed by atoms with Crippen LogP contribution >= 0.6 is 0 Å². The molecule has 0 radical (unpaired) electrons. The van der Waals surface area contributed by atoms with Gasteiger partial charge in [-0.15, -0.1) is 0 Å². The summed E-state index contributed by atoms with van der Waals surface area (Å²) in [4.78, 5) is 4.32. The highest BCUT2D eigenvalue weighted by Crippen LogP contribution is 2.26. The molecule has 1 aromatic heterocycles. The first-order valence-electron chi connectivity index (χ1n) is 7.13. The van der Waals surface area contributed by atoms with Crippen molar-refractivity contribution in [2.45, 2.75) is 33.2 Å². The summed E-state index contributed by atoms with van der Waals surface area (Å²) in [6.07, 6.45) is 2.16. The average molecular weight is 290 g/mol. The fourth-order valence-corrected chi connectivity index (χ4v) is 2.45. The topological polar surface area (TPSA) is 24.9 Å². The lowest BCUT2D eigenvalue weighted by Gasteiger charge is -2.21. The highest BCUT2D eigenvalue weighted by atomic mass is 19.1. The summed E-state index contributed by atoms with van der Waals surface area (Å²) in [5.74, 6) is -0.993. The number of pyridine rings is 1. The summed E-state index contributed by atoms with van der Waals surface area (Å²) >= 11 is 0. The Labute approximate surface area is 124 Å². The minimum absolute atomic E-state index is 0.0990. The van der Waals surface area contributed by atoms with Crippen LogP contribution in [0.2, 0.25) is 0 Å². The Morgan fingerprint density at radius 3 is 2.57 bits per heavy atom. The Morgan fingerprint density at radius 1 is 1.14 bits per heavy atom. The SMILES string of the molecule is CCNC(Cc1ncccc1C)c1c(F)ccc(C)c1F. The van der Waals surface area contributed by atoms with Gasteiger partial charge in [-0.25, -0.2) is 8.78 Å². The third-order valence-electron chi connectivity index (χ3n) is 3.63. The van der Waals surface area contributed by atoms with E-state index >= 15 is 0 Å². The monoisotopic (exact) mass is 290 g/mol. The van der Waals surface area contributed by atoms with Crippen LogP contribution in [0.1, 0.15) is 35.3 Å². The van der Waals surface area contributed by atoms with E-state index in [1.807, 2.05) is 26.0 Å². The first-order valence-corrected chi connectivity index (χ1v) is 7.13. The van der Waals surface area contributed by atoms with E-state index in [0.29, 0.717) is 18.5 Å². The van der Waals surface area contributed by atoms with Crippen molar-refractivity contribution in [3.63, 3.8) is 0 Å². The number of nitrogens with zero attached hydrogens (tertiary/aromatic N) is 1. The van der Waals surface area contributed by atoms with Gasteiger partial charge in [0.1, 0.15) is 11.6 Å². The van der Waals surface area contributed by atoms with Gasteiger partial charge in [-0.2, -0.15) is 0 Å². The molecule has 21 heavy (non-hydrogen) atoms. The normalized spacial score (nSPS) is 12.4. The molecule has 0 fully saturated rings. The molecule has 1 heterocycles. The van der Waals surface area contributed by atoms with Gasteiger partial charge in [-0.1, -0.05) is 19.1 Å². The summed E-state index contributed by atoms with van der Waals surface area (Å²) < 4.78 is 28.4. The van der Waals surface area contributed by atoms with Crippen molar-refractivity contribution >= 4 is 0 Å². The molecular formula is C17H20F2N2. The van der Waals surface area contributed by atoms with Gasteiger partial charge < -0.3 is 5.32 Å². The number of hydrogen-bond acceptors (Lipinski definition) is 2.